The predicted octanol–water partition coefficient (Wildman–Crippen LogP) is 3.76. The van der Waals surface area contributed by atoms with Crippen LogP contribution in [0.1, 0.15) is 51.2 Å². The van der Waals surface area contributed by atoms with Crippen LogP contribution in [0.25, 0.3) is 0 Å². The van der Waals surface area contributed by atoms with Gasteiger partial charge in [0.05, 0.1) is 0 Å². The van der Waals surface area contributed by atoms with Gasteiger partial charge in [0, 0.05) is 5.54 Å². The highest BCUT2D eigenvalue weighted by atomic mass is 15.2. The fraction of sp³-hybridized carbons (Fsp3) is 0.647. The van der Waals surface area contributed by atoms with Gasteiger partial charge in [0.25, 0.3) is 0 Å². The summed E-state index contributed by atoms with van der Waals surface area (Å²) in [7, 11) is 0. The van der Waals surface area contributed by atoms with Gasteiger partial charge in [-0.25, -0.2) is 0 Å². The maximum Gasteiger partial charge on any atom is 0.0125 e. The van der Waals surface area contributed by atoms with E-state index in [9.17, 15) is 0 Å². The summed E-state index contributed by atoms with van der Waals surface area (Å²) in [5, 5.41) is 0. The summed E-state index contributed by atoms with van der Waals surface area (Å²) < 4.78 is 0. The molecule has 98 valence electrons. The Hall–Kier alpha value is -0.820. The lowest BCUT2D eigenvalue weighted by atomic mass is 9.73. The summed E-state index contributed by atoms with van der Waals surface area (Å²) in [6.07, 6.45) is 5.37. The van der Waals surface area contributed by atoms with Crippen molar-refractivity contribution in [3.63, 3.8) is 0 Å². The lowest BCUT2D eigenvalue weighted by Crippen LogP contribution is -2.49. The van der Waals surface area contributed by atoms with Crippen molar-refractivity contribution >= 4 is 0 Å². The second-order valence-electron chi connectivity index (χ2n) is 7.10. The minimum atomic E-state index is 0.333. The number of likely N-dealkylation sites (tertiary alicyclic amines) is 1. The third kappa shape index (κ3) is 1.89. The highest BCUT2D eigenvalue weighted by Gasteiger charge is 2.42. The van der Waals surface area contributed by atoms with Gasteiger partial charge in [-0.3, -0.25) is 4.90 Å². The number of piperidine rings is 1. The van der Waals surface area contributed by atoms with Crippen LogP contribution in [0, 0.1) is 0 Å². The first-order chi connectivity index (χ1) is 8.51. The molecule has 0 radical (unpaired) electrons. The molecule has 18 heavy (non-hydrogen) atoms. The number of benzene rings is 1. The van der Waals surface area contributed by atoms with Crippen LogP contribution < -0.4 is 0 Å². The molecule has 0 saturated carbocycles. The van der Waals surface area contributed by atoms with E-state index in [0.29, 0.717) is 11.0 Å². The lowest BCUT2D eigenvalue weighted by molar-refractivity contribution is 0.0744. The van der Waals surface area contributed by atoms with Gasteiger partial charge >= 0.3 is 0 Å². The van der Waals surface area contributed by atoms with Crippen molar-refractivity contribution in [3.8, 4) is 0 Å². The number of hydrogen-bond acceptors (Lipinski definition) is 1. The Morgan fingerprint density at radius 3 is 2.33 bits per heavy atom. The first-order valence-electron chi connectivity index (χ1n) is 7.35. The monoisotopic (exact) mass is 243 g/mol. The van der Waals surface area contributed by atoms with E-state index < -0.39 is 0 Å². The van der Waals surface area contributed by atoms with Gasteiger partial charge < -0.3 is 0 Å². The van der Waals surface area contributed by atoms with Gasteiger partial charge in [-0.1, -0.05) is 24.3 Å². The van der Waals surface area contributed by atoms with Crippen molar-refractivity contribution < 1.29 is 0 Å². The van der Waals surface area contributed by atoms with Crippen LogP contribution in [-0.2, 0) is 11.8 Å². The fourth-order valence-electron chi connectivity index (χ4n) is 3.89. The third-order valence-corrected chi connectivity index (χ3v) is 5.13. The van der Waals surface area contributed by atoms with E-state index in [0.717, 1.165) is 0 Å². The van der Waals surface area contributed by atoms with E-state index in [1.807, 2.05) is 0 Å². The highest BCUT2D eigenvalue weighted by Crippen LogP contribution is 2.46. The quantitative estimate of drug-likeness (QED) is 0.670. The van der Waals surface area contributed by atoms with Crippen molar-refractivity contribution in [1.29, 1.82) is 0 Å². The molecule has 1 aliphatic carbocycles. The number of fused-ring (bicyclic) bond motifs is 2. The van der Waals surface area contributed by atoms with Gasteiger partial charge in [0.1, 0.15) is 0 Å². The SMILES string of the molecule is CC(C)(C)N1CCC2(CCc3ccccc32)CC1. The average Bonchev–Trinajstić information content (AvgIpc) is 2.69. The fourth-order valence-corrected chi connectivity index (χ4v) is 3.89. The summed E-state index contributed by atoms with van der Waals surface area (Å²) in [5.74, 6) is 0. The van der Waals surface area contributed by atoms with Crippen molar-refractivity contribution in [2.45, 2.75) is 57.4 Å². The molecule has 1 spiro atoms. The molecule has 0 unspecified atom stereocenters. The van der Waals surface area contributed by atoms with E-state index in [2.05, 4.69) is 49.9 Å². The molecule has 0 atom stereocenters. The number of nitrogens with zero attached hydrogens (tertiary/aromatic N) is 1. The van der Waals surface area contributed by atoms with Gasteiger partial charge in [0.2, 0.25) is 0 Å². The molecule has 3 rings (SSSR count). The minimum Gasteiger partial charge on any atom is -0.298 e. The zero-order chi connectivity index (χ0) is 12.8. The third-order valence-electron chi connectivity index (χ3n) is 5.13. The van der Waals surface area contributed by atoms with Crippen LogP contribution in [0.3, 0.4) is 0 Å². The second kappa shape index (κ2) is 4.09. The molecule has 1 aliphatic heterocycles. The van der Waals surface area contributed by atoms with Crippen LogP contribution in [-0.4, -0.2) is 23.5 Å². The number of aryl methyl sites for hydroxylation is 1. The topological polar surface area (TPSA) is 3.24 Å². The number of rotatable bonds is 0. The highest BCUT2D eigenvalue weighted by molar-refractivity contribution is 5.39. The molecule has 2 aliphatic rings. The van der Waals surface area contributed by atoms with E-state index in [-0.39, 0.29) is 0 Å². The molecule has 1 heteroatoms. The van der Waals surface area contributed by atoms with Crippen LogP contribution >= 0.6 is 0 Å². The Bertz CT molecular complexity index is 433. The van der Waals surface area contributed by atoms with E-state index in [1.165, 1.54) is 38.8 Å². The second-order valence-corrected chi connectivity index (χ2v) is 7.10. The smallest absolute Gasteiger partial charge is 0.0125 e. The summed E-state index contributed by atoms with van der Waals surface area (Å²) in [6, 6.07) is 9.14. The van der Waals surface area contributed by atoms with Gasteiger partial charge in [-0.2, -0.15) is 0 Å². The minimum absolute atomic E-state index is 0.333. The average molecular weight is 243 g/mol. The van der Waals surface area contributed by atoms with Crippen LogP contribution in [0.4, 0.5) is 0 Å². The summed E-state index contributed by atoms with van der Waals surface area (Å²) in [6.45, 7) is 9.55. The molecule has 1 aromatic rings. The molecule has 0 N–H and O–H groups in total. The van der Waals surface area contributed by atoms with E-state index in [1.54, 1.807) is 11.1 Å². The Labute approximate surface area is 111 Å². The lowest BCUT2D eigenvalue weighted by Gasteiger charge is -2.45. The summed E-state index contributed by atoms with van der Waals surface area (Å²) in [5.41, 5.74) is 4.12. The van der Waals surface area contributed by atoms with E-state index in [4.69, 9.17) is 0 Å². The van der Waals surface area contributed by atoms with Crippen LogP contribution in [0.15, 0.2) is 24.3 Å². The Balaban J connectivity index is 1.81. The molecule has 0 aromatic heterocycles. The largest absolute Gasteiger partial charge is 0.298 e. The van der Waals surface area contributed by atoms with Gasteiger partial charge in [-0.05, 0) is 76.1 Å². The van der Waals surface area contributed by atoms with Crippen LogP contribution in [0.2, 0.25) is 0 Å². The Morgan fingerprint density at radius 1 is 1.00 bits per heavy atom. The molecule has 1 nitrogen and oxygen atoms in total. The van der Waals surface area contributed by atoms with Crippen molar-refractivity contribution in [2.24, 2.45) is 0 Å². The maximum atomic E-state index is 2.65. The Morgan fingerprint density at radius 2 is 1.67 bits per heavy atom. The summed E-state index contributed by atoms with van der Waals surface area (Å²) >= 11 is 0. The van der Waals surface area contributed by atoms with Gasteiger partial charge in [0.15, 0.2) is 0 Å². The Kier molecular flexibility index (Phi) is 2.78. The molecule has 0 amide bonds. The normalized spacial score (nSPS) is 23.3. The maximum absolute atomic E-state index is 2.65. The molecule has 0 bridgehead atoms. The molecule has 1 heterocycles. The first-order valence-corrected chi connectivity index (χ1v) is 7.35. The molecule has 1 saturated heterocycles. The molecular weight excluding hydrogens is 218 g/mol. The predicted molar refractivity (Wildman–Crippen MR) is 77.0 cm³/mol. The number of hydrogen-bond donors (Lipinski definition) is 0. The molecule has 1 fully saturated rings. The van der Waals surface area contributed by atoms with Crippen LogP contribution in [0.5, 0.6) is 0 Å². The summed E-state index contributed by atoms with van der Waals surface area (Å²) in [4.78, 5) is 2.65. The molecule has 1 aromatic carbocycles. The van der Waals surface area contributed by atoms with Crippen molar-refractivity contribution in [1.82, 2.24) is 4.90 Å². The standard InChI is InChI=1S/C17H25N/c1-16(2,3)18-12-10-17(11-13-18)9-8-14-6-4-5-7-15(14)17/h4-7H,8-13H2,1-3H3. The van der Waals surface area contributed by atoms with E-state index >= 15 is 0 Å². The van der Waals surface area contributed by atoms with Gasteiger partial charge in [-0.15, -0.1) is 0 Å². The van der Waals surface area contributed by atoms with Crippen molar-refractivity contribution in [2.75, 3.05) is 13.1 Å². The zero-order valence-corrected chi connectivity index (χ0v) is 12.0. The molecular formula is C17H25N. The zero-order valence-electron chi connectivity index (χ0n) is 12.0. The van der Waals surface area contributed by atoms with Crippen molar-refractivity contribution in [3.05, 3.63) is 35.4 Å². The first kappa shape index (κ1) is 12.2.